The highest BCUT2D eigenvalue weighted by Gasteiger charge is 2.16. The van der Waals surface area contributed by atoms with E-state index in [1.165, 1.54) is 29.0 Å². The number of thiophene rings is 1. The zero-order valence-electron chi connectivity index (χ0n) is 14.2. The van der Waals surface area contributed by atoms with Gasteiger partial charge in [0.2, 0.25) is 0 Å². The normalized spacial score (nSPS) is 12.4. The first-order valence-corrected chi connectivity index (χ1v) is 10.4. The van der Waals surface area contributed by atoms with Gasteiger partial charge in [0.25, 0.3) is 0 Å². The Hall–Kier alpha value is -1.27. The van der Waals surface area contributed by atoms with Gasteiger partial charge in [0.1, 0.15) is 11.6 Å². The maximum Gasteiger partial charge on any atom is 0.135 e. The average Bonchev–Trinajstić information content (AvgIpc) is 3.09. The number of rotatable bonds is 5. The van der Waals surface area contributed by atoms with E-state index < -0.39 is 11.6 Å². The monoisotopic (exact) mass is 468 g/mol. The summed E-state index contributed by atoms with van der Waals surface area (Å²) in [7, 11) is 0. The van der Waals surface area contributed by atoms with Crippen LogP contribution < -0.4 is 0 Å². The van der Waals surface area contributed by atoms with E-state index in [2.05, 4.69) is 29.5 Å². The van der Waals surface area contributed by atoms with Gasteiger partial charge in [-0.05, 0) is 53.8 Å². The lowest BCUT2D eigenvalue weighted by molar-refractivity contribution is 0.591. The van der Waals surface area contributed by atoms with Crippen LogP contribution >= 0.6 is 33.9 Å². The van der Waals surface area contributed by atoms with Crippen molar-refractivity contribution < 1.29 is 8.78 Å². The van der Waals surface area contributed by atoms with Crippen molar-refractivity contribution in [3.8, 4) is 21.6 Å². The predicted octanol–water partition coefficient (Wildman–Crippen LogP) is 7.81. The van der Waals surface area contributed by atoms with Gasteiger partial charge in [-0.1, -0.05) is 60.7 Å². The van der Waals surface area contributed by atoms with Crippen molar-refractivity contribution in [3.05, 3.63) is 70.6 Å². The van der Waals surface area contributed by atoms with Gasteiger partial charge in [-0.15, -0.1) is 11.3 Å². The van der Waals surface area contributed by atoms with Crippen LogP contribution in [-0.2, 0) is 6.42 Å². The molecule has 0 radical (unpaired) electrons. The minimum Gasteiger partial charge on any atom is -0.206 e. The molecule has 1 aromatic heterocycles. The zero-order chi connectivity index (χ0) is 18.0. The lowest BCUT2D eigenvalue weighted by Gasteiger charge is -2.10. The molecule has 0 bridgehead atoms. The maximum atomic E-state index is 14.6. The second kappa shape index (κ2) is 7.96. The molecular weight excluding hydrogens is 449 g/mol. The van der Waals surface area contributed by atoms with Crippen LogP contribution in [0.25, 0.3) is 21.6 Å². The van der Waals surface area contributed by atoms with Crippen LogP contribution in [0.15, 0.2) is 48.5 Å². The summed E-state index contributed by atoms with van der Waals surface area (Å²) >= 11 is 3.85. The molecule has 2 aromatic carbocycles. The first kappa shape index (κ1) is 18.5. The Morgan fingerprint density at radius 1 is 0.920 bits per heavy atom. The van der Waals surface area contributed by atoms with Crippen LogP contribution in [0, 0.1) is 11.6 Å². The Bertz CT molecular complexity index is 845. The van der Waals surface area contributed by atoms with Crippen LogP contribution in [0.1, 0.15) is 34.6 Å². The fourth-order valence-corrected chi connectivity index (χ4v) is 4.21. The molecule has 0 saturated heterocycles. The minimum atomic E-state index is -0.510. The molecular formula is C21H19F2IS. The third-order valence-electron chi connectivity index (χ3n) is 4.26. The molecule has 0 aliphatic rings. The van der Waals surface area contributed by atoms with E-state index in [4.69, 9.17) is 0 Å². The summed E-state index contributed by atoms with van der Waals surface area (Å²) in [5.74, 6) is -1.02. The molecule has 3 rings (SSSR count). The van der Waals surface area contributed by atoms with Gasteiger partial charge in [0.15, 0.2) is 0 Å². The summed E-state index contributed by atoms with van der Waals surface area (Å²) in [5.41, 5.74) is 2.70. The lowest BCUT2D eigenvalue weighted by atomic mass is 10.00. The quantitative estimate of drug-likeness (QED) is 0.265. The average molecular weight is 468 g/mol. The largest absolute Gasteiger partial charge is 0.206 e. The van der Waals surface area contributed by atoms with Gasteiger partial charge in [-0.2, -0.15) is 0 Å². The summed E-state index contributed by atoms with van der Waals surface area (Å²) < 4.78 is 29.7. The minimum absolute atomic E-state index is 0.0726. The van der Waals surface area contributed by atoms with Gasteiger partial charge >= 0.3 is 0 Å². The van der Waals surface area contributed by atoms with E-state index >= 15 is 0 Å². The molecule has 1 heterocycles. The van der Waals surface area contributed by atoms with E-state index in [-0.39, 0.29) is 5.56 Å². The van der Waals surface area contributed by atoms with Crippen molar-refractivity contribution in [1.29, 1.82) is 0 Å². The molecule has 1 atom stereocenters. The van der Waals surface area contributed by atoms with Crippen molar-refractivity contribution in [3.63, 3.8) is 0 Å². The van der Waals surface area contributed by atoms with Gasteiger partial charge in [0.05, 0.1) is 5.56 Å². The number of benzene rings is 2. The van der Waals surface area contributed by atoms with E-state index in [1.54, 1.807) is 6.07 Å². The summed E-state index contributed by atoms with van der Waals surface area (Å²) in [4.78, 5) is 1.77. The zero-order valence-corrected chi connectivity index (χ0v) is 17.1. The van der Waals surface area contributed by atoms with Gasteiger partial charge < -0.3 is 0 Å². The molecule has 130 valence electrons. The molecule has 0 N–H and O–H groups in total. The first-order chi connectivity index (χ1) is 12.0. The highest BCUT2D eigenvalue weighted by atomic mass is 127. The molecule has 25 heavy (non-hydrogen) atoms. The molecule has 0 aliphatic carbocycles. The number of hydrogen-bond acceptors (Lipinski definition) is 1. The van der Waals surface area contributed by atoms with E-state index in [1.807, 2.05) is 37.3 Å². The molecule has 1 unspecified atom stereocenters. The van der Waals surface area contributed by atoms with Crippen molar-refractivity contribution in [2.45, 2.75) is 30.6 Å². The van der Waals surface area contributed by atoms with Crippen LogP contribution in [-0.4, -0.2) is 0 Å². The van der Waals surface area contributed by atoms with Crippen LogP contribution in [0.4, 0.5) is 8.78 Å². The number of alkyl halides is 1. The molecule has 0 saturated carbocycles. The Labute approximate surface area is 165 Å². The molecule has 0 aliphatic heterocycles. The smallest absolute Gasteiger partial charge is 0.135 e. The van der Waals surface area contributed by atoms with E-state index in [0.717, 1.165) is 23.3 Å². The van der Waals surface area contributed by atoms with E-state index in [9.17, 15) is 8.78 Å². The SMILES string of the molecule is CCc1ccc(-c2c(F)cc(-c3ccc(C(I)CC)cc3)cc2F)s1. The molecule has 0 fully saturated rings. The molecule has 0 nitrogen and oxygen atoms in total. The molecule has 0 spiro atoms. The summed E-state index contributed by atoms with van der Waals surface area (Å²) in [6.45, 7) is 4.18. The second-order valence-electron chi connectivity index (χ2n) is 5.93. The summed E-state index contributed by atoms with van der Waals surface area (Å²) in [5, 5.41) is 0. The molecule has 3 aromatic rings. The molecule has 4 heteroatoms. The van der Waals surface area contributed by atoms with Crippen LogP contribution in [0.2, 0.25) is 0 Å². The van der Waals surface area contributed by atoms with Crippen molar-refractivity contribution >= 4 is 33.9 Å². The second-order valence-corrected chi connectivity index (χ2v) is 8.60. The topological polar surface area (TPSA) is 0 Å². The number of halogens is 3. The highest BCUT2D eigenvalue weighted by Crippen LogP contribution is 2.36. The highest BCUT2D eigenvalue weighted by molar-refractivity contribution is 14.1. The van der Waals surface area contributed by atoms with Crippen LogP contribution in [0.5, 0.6) is 0 Å². The Morgan fingerprint density at radius 2 is 1.56 bits per heavy atom. The lowest BCUT2D eigenvalue weighted by Crippen LogP contribution is -1.92. The maximum absolute atomic E-state index is 14.6. The fraction of sp³-hybridized carbons (Fsp3) is 0.238. The standard InChI is InChI=1S/C21H19F2IS/c1-3-16-9-10-20(25-16)21-17(22)11-15(12-18(21)23)13-5-7-14(8-6-13)19(24)4-2/h5-12,19H,3-4H2,1-2H3. The van der Waals surface area contributed by atoms with Crippen LogP contribution in [0.3, 0.4) is 0 Å². The third kappa shape index (κ3) is 3.95. The Kier molecular flexibility index (Phi) is 5.89. The Morgan fingerprint density at radius 3 is 2.08 bits per heavy atom. The van der Waals surface area contributed by atoms with Crippen molar-refractivity contribution in [2.24, 2.45) is 0 Å². The van der Waals surface area contributed by atoms with Crippen molar-refractivity contribution in [1.82, 2.24) is 0 Å². The Balaban J connectivity index is 1.96. The van der Waals surface area contributed by atoms with Gasteiger partial charge in [-0.3, -0.25) is 0 Å². The first-order valence-electron chi connectivity index (χ1n) is 8.36. The van der Waals surface area contributed by atoms with E-state index in [0.29, 0.717) is 14.4 Å². The number of hydrogen-bond donors (Lipinski definition) is 0. The van der Waals surface area contributed by atoms with Crippen molar-refractivity contribution in [2.75, 3.05) is 0 Å². The van der Waals surface area contributed by atoms with Gasteiger partial charge in [-0.25, -0.2) is 8.78 Å². The number of aryl methyl sites for hydroxylation is 1. The summed E-state index contributed by atoms with van der Waals surface area (Å²) in [6, 6.07) is 14.5. The third-order valence-corrected chi connectivity index (χ3v) is 7.11. The predicted molar refractivity (Wildman–Crippen MR) is 112 cm³/mol. The fourth-order valence-electron chi connectivity index (χ4n) is 2.80. The van der Waals surface area contributed by atoms with Gasteiger partial charge in [0, 0.05) is 13.7 Å². The summed E-state index contributed by atoms with van der Waals surface area (Å²) in [6.07, 6.45) is 1.92. The molecule has 0 amide bonds.